The Hall–Kier alpha value is -3.66. The van der Waals surface area contributed by atoms with Crippen molar-refractivity contribution in [3.05, 3.63) is 66.2 Å². The van der Waals surface area contributed by atoms with Gasteiger partial charge in [0.05, 0.1) is 5.69 Å². The van der Waals surface area contributed by atoms with Gasteiger partial charge in [0.15, 0.2) is 5.01 Å². The standard InChI is InChI=1S/C23H24FN7OS/c1-31(23(32)26-22-30-29-21(33-22)19-11-4-5-12-25-19)13-6-2-3-10-18-15-20(28-27-18)16-8-7-9-17(24)14-16/h4-5,7-9,11-12,14-15H,2-3,6,10,13H2,1H3,(H,27,28)(H,26,30,32). The number of urea groups is 1. The van der Waals surface area contributed by atoms with E-state index in [9.17, 15) is 9.18 Å². The number of anilines is 1. The Morgan fingerprint density at radius 3 is 2.82 bits per heavy atom. The Kier molecular flexibility index (Phi) is 7.36. The number of nitrogens with one attached hydrogen (secondary N) is 2. The maximum Gasteiger partial charge on any atom is 0.323 e. The number of pyridine rings is 1. The van der Waals surface area contributed by atoms with Gasteiger partial charge in [0.1, 0.15) is 11.5 Å². The van der Waals surface area contributed by atoms with Crippen molar-refractivity contribution in [2.75, 3.05) is 18.9 Å². The van der Waals surface area contributed by atoms with Crippen LogP contribution in [0.5, 0.6) is 0 Å². The van der Waals surface area contributed by atoms with E-state index in [-0.39, 0.29) is 11.8 Å². The van der Waals surface area contributed by atoms with Gasteiger partial charge < -0.3 is 4.90 Å². The van der Waals surface area contributed by atoms with Crippen molar-refractivity contribution in [2.24, 2.45) is 0 Å². The van der Waals surface area contributed by atoms with E-state index in [1.165, 1.54) is 23.5 Å². The lowest BCUT2D eigenvalue weighted by Crippen LogP contribution is -2.32. The summed E-state index contributed by atoms with van der Waals surface area (Å²) in [6.45, 7) is 0.634. The van der Waals surface area contributed by atoms with Crippen molar-refractivity contribution in [3.63, 3.8) is 0 Å². The molecule has 1 aromatic carbocycles. The molecule has 0 atom stereocenters. The molecule has 4 rings (SSSR count). The van der Waals surface area contributed by atoms with Crippen LogP contribution in [-0.2, 0) is 6.42 Å². The summed E-state index contributed by atoms with van der Waals surface area (Å²) in [5.74, 6) is -0.273. The number of halogens is 1. The summed E-state index contributed by atoms with van der Waals surface area (Å²) in [4.78, 5) is 18.3. The van der Waals surface area contributed by atoms with Crippen LogP contribution in [0.3, 0.4) is 0 Å². The minimum atomic E-state index is -0.273. The smallest absolute Gasteiger partial charge is 0.323 e. The quantitative estimate of drug-likeness (QED) is 0.339. The van der Waals surface area contributed by atoms with Crippen LogP contribution in [0.15, 0.2) is 54.7 Å². The molecule has 0 aliphatic heterocycles. The number of nitrogens with zero attached hydrogens (tertiary/aromatic N) is 5. The van der Waals surface area contributed by atoms with E-state index in [4.69, 9.17) is 0 Å². The third-order valence-corrected chi connectivity index (χ3v) is 5.92. The number of hydrogen-bond acceptors (Lipinski definition) is 6. The fourth-order valence-electron chi connectivity index (χ4n) is 3.28. The molecular weight excluding hydrogens is 441 g/mol. The molecule has 10 heteroatoms. The van der Waals surface area contributed by atoms with Crippen LogP contribution in [0.1, 0.15) is 25.0 Å². The minimum absolute atomic E-state index is 0.216. The van der Waals surface area contributed by atoms with E-state index in [0.717, 1.165) is 48.3 Å². The molecule has 2 amide bonds. The van der Waals surface area contributed by atoms with Crippen LogP contribution >= 0.6 is 11.3 Å². The maximum absolute atomic E-state index is 13.4. The van der Waals surface area contributed by atoms with Gasteiger partial charge in [-0.15, -0.1) is 10.2 Å². The number of carbonyl (C=O) groups is 1. The molecule has 0 bridgehead atoms. The summed E-state index contributed by atoms with van der Waals surface area (Å²) >= 11 is 1.29. The molecule has 0 spiro atoms. The second-order valence-electron chi connectivity index (χ2n) is 7.58. The first-order chi connectivity index (χ1) is 16.1. The van der Waals surface area contributed by atoms with Gasteiger partial charge in [0.25, 0.3) is 0 Å². The Morgan fingerprint density at radius 2 is 2.00 bits per heavy atom. The molecule has 4 aromatic rings. The molecular formula is C23H24FN7OS. The highest BCUT2D eigenvalue weighted by Crippen LogP contribution is 2.24. The van der Waals surface area contributed by atoms with Crippen LogP contribution in [0.25, 0.3) is 22.0 Å². The first kappa shape index (κ1) is 22.5. The second-order valence-corrected chi connectivity index (χ2v) is 8.56. The van der Waals surface area contributed by atoms with E-state index in [2.05, 4.69) is 30.7 Å². The van der Waals surface area contributed by atoms with Gasteiger partial charge in [-0.25, -0.2) is 9.18 Å². The fourth-order valence-corrected chi connectivity index (χ4v) is 3.99. The number of carbonyl (C=O) groups excluding carboxylic acids is 1. The highest BCUT2D eigenvalue weighted by Gasteiger charge is 2.13. The molecule has 3 aromatic heterocycles. The molecule has 170 valence electrons. The normalized spacial score (nSPS) is 10.8. The van der Waals surface area contributed by atoms with Crippen molar-refractivity contribution >= 4 is 22.5 Å². The van der Waals surface area contributed by atoms with Crippen LogP contribution in [0.4, 0.5) is 14.3 Å². The lowest BCUT2D eigenvalue weighted by atomic mass is 10.1. The number of rotatable bonds is 9. The molecule has 0 aliphatic carbocycles. The summed E-state index contributed by atoms with van der Waals surface area (Å²) < 4.78 is 13.4. The van der Waals surface area contributed by atoms with Gasteiger partial charge in [0.2, 0.25) is 5.13 Å². The number of aryl methyl sites for hydroxylation is 1. The molecule has 33 heavy (non-hydrogen) atoms. The number of aromatic amines is 1. The maximum atomic E-state index is 13.4. The van der Waals surface area contributed by atoms with Gasteiger partial charge in [-0.3, -0.25) is 15.4 Å². The minimum Gasteiger partial charge on any atom is -0.328 e. The van der Waals surface area contributed by atoms with E-state index >= 15 is 0 Å². The zero-order chi connectivity index (χ0) is 23.0. The Balaban J connectivity index is 1.17. The zero-order valence-corrected chi connectivity index (χ0v) is 19.0. The summed E-state index contributed by atoms with van der Waals surface area (Å²) in [6.07, 6.45) is 5.35. The summed E-state index contributed by atoms with van der Waals surface area (Å²) in [5.41, 5.74) is 3.24. The molecule has 0 fully saturated rings. The zero-order valence-electron chi connectivity index (χ0n) is 18.2. The molecule has 2 N–H and O–H groups in total. The largest absolute Gasteiger partial charge is 0.328 e. The molecule has 3 heterocycles. The predicted octanol–water partition coefficient (Wildman–Crippen LogP) is 5.01. The van der Waals surface area contributed by atoms with Gasteiger partial charge in [-0.2, -0.15) is 5.10 Å². The molecule has 0 saturated heterocycles. The van der Waals surface area contributed by atoms with Crippen molar-refractivity contribution < 1.29 is 9.18 Å². The van der Waals surface area contributed by atoms with Crippen molar-refractivity contribution in [1.29, 1.82) is 0 Å². The number of hydrogen-bond donors (Lipinski definition) is 2. The monoisotopic (exact) mass is 465 g/mol. The third-order valence-electron chi connectivity index (χ3n) is 5.06. The first-order valence-corrected chi connectivity index (χ1v) is 11.5. The predicted molar refractivity (Wildman–Crippen MR) is 126 cm³/mol. The van der Waals surface area contributed by atoms with Crippen molar-refractivity contribution in [2.45, 2.75) is 25.7 Å². The highest BCUT2D eigenvalue weighted by atomic mass is 32.1. The van der Waals surface area contributed by atoms with Crippen molar-refractivity contribution in [1.82, 2.24) is 30.3 Å². The second kappa shape index (κ2) is 10.8. The molecule has 0 unspecified atom stereocenters. The first-order valence-electron chi connectivity index (χ1n) is 10.7. The lowest BCUT2D eigenvalue weighted by molar-refractivity contribution is 0.221. The number of H-pyrrole nitrogens is 1. The summed E-state index contributed by atoms with van der Waals surface area (Å²) in [7, 11) is 1.76. The van der Waals surface area contributed by atoms with Crippen molar-refractivity contribution in [3.8, 4) is 22.0 Å². The summed E-state index contributed by atoms with van der Waals surface area (Å²) in [5, 5.41) is 19.3. The number of unbranched alkanes of at least 4 members (excludes halogenated alkanes) is 2. The Labute approximate surface area is 194 Å². The van der Waals surface area contributed by atoms with E-state index < -0.39 is 0 Å². The molecule has 8 nitrogen and oxygen atoms in total. The number of benzene rings is 1. The Bertz CT molecular complexity index is 1190. The average Bonchev–Trinajstić information content (AvgIpc) is 3.49. The van der Waals surface area contributed by atoms with Gasteiger partial charge in [-0.1, -0.05) is 36.0 Å². The van der Waals surface area contributed by atoms with E-state index in [0.29, 0.717) is 16.7 Å². The number of aromatic nitrogens is 5. The third kappa shape index (κ3) is 6.19. The summed E-state index contributed by atoms with van der Waals surface area (Å²) in [6, 6.07) is 13.7. The van der Waals surface area contributed by atoms with Gasteiger partial charge in [-0.05, 0) is 49.6 Å². The van der Waals surface area contributed by atoms with E-state index in [1.54, 1.807) is 24.2 Å². The molecule has 0 aliphatic rings. The van der Waals surface area contributed by atoms with Crippen LogP contribution in [0, 0.1) is 5.82 Å². The SMILES string of the molecule is CN(CCCCCc1cc(-c2cccc(F)c2)n[nH]1)C(=O)Nc1nnc(-c2ccccn2)s1. The van der Waals surface area contributed by atoms with Gasteiger partial charge in [0, 0.05) is 31.0 Å². The van der Waals surface area contributed by atoms with Crippen LogP contribution in [-0.4, -0.2) is 49.9 Å². The molecule has 0 radical (unpaired) electrons. The molecule has 0 saturated carbocycles. The van der Waals surface area contributed by atoms with Gasteiger partial charge >= 0.3 is 6.03 Å². The average molecular weight is 466 g/mol. The lowest BCUT2D eigenvalue weighted by Gasteiger charge is -2.16. The van der Waals surface area contributed by atoms with Crippen LogP contribution in [0.2, 0.25) is 0 Å². The Morgan fingerprint density at radius 1 is 1.09 bits per heavy atom. The fraction of sp³-hybridized carbons (Fsp3) is 0.261. The number of amides is 2. The highest BCUT2D eigenvalue weighted by molar-refractivity contribution is 7.18. The van der Waals surface area contributed by atoms with Crippen LogP contribution < -0.4 is 5.32 Å². The van der Waals surface area contributed by atoms with E-state index in [1.807, 2.05) is 30.3 Å². The topological polar surface area (TPSA) is 99.7 Å².